The van der Waals surface area contributed by atoms with Crippen molar-refractivity contribution in [3.05, 3.63) is 12.7 Å². The van der Waals surface area contributed by atoms with Crippen molar-refractivity contribution in [2.45, 2.75) is 19.9 Å². The zero-order valence-electron chi connectivity index (χ0n) is 10.6. The van der Waals surface area contributed by atoms with Crippen LogP contribution in [-0.2, 0) is 14.3 Å². The normalized spacial score (nSPS) is 11.2. The van der Waals surface area contributed by atoms with Gasteiger partial charge in [-0.05, 0) is 13.8 Å². The molecule has 7 nitrogen and oxygen atoms in total. The van der Waals surface area contributed by atoms with Crippen LogP contribution in [-0.4, -0.2) is 48.5 Å². The number of primary amides is 1. The molecule has 0 saturated heterocycles. The molecule has 7 heteroatoms. The van der Waals surface area contributed by atoms with Crippen molar-refractivity contribution < 1.29 is 19.1 Å². The Morgan fingerprint density at radius 2 is 2.11 bits per heavy atom. The van der Waals surface area contributed by atoms with Crippen LogP contribution >= 0.6 is 0 Å². The summed E-state index contributed by atoms with van der Waals surface area (Å²) in [4.78, 5) is 35.1. The Kier molecular flexibility index (Phi) is 7.18. The number of hydrogen-bond acceptors (Lipinski definition) is 4. The highest BCUT2D eigenvalue weighted by Gasteiger charge is 2.22. The van der Waals surface area contributed by atoms with Crippen molar-refractivity contribution >= 4 is 17.9 Å². The molecule has 0 heterocycles. The molecular formula is C11H19N3O4. The van der Waals surface area contributed by atoms with Crippen LogP contribution in [0.3, 0.4) is 0 Å². The van der Waals surface area contributed by atoms with Gasteiger partial charge in [0.05, 0.1) is 6.61 Å². The number of esters is 1. The minimum atomic E-state index is -0.808. The van der Waals surface area contributed by atoms with Crippen molar-refractivity contribution in [2.24, 2.45) is 5.73 Å². The predicted octanol–water partition coefficient (Wildman–Crippen LogP) is -0.379. The second-order valence-electron chi connectivity index (χ2n) is 3.54. The molecule has 102 valence electrons. The number of rotatable bonds is 7. The Morgan fingerprint density at radius 3 is 2.56 bits per heavy atom. The van der Waals surface area contributed by atoms with E-state index in [0.717, 1.165) is 0 Å². The van der Waals surface area contributed by atoms with E-state index in [1.54, 1.807) is 6.92 Å². The molecule has 3 N–H and O–H groups in total. The second kappa shape index (κ2) is 8.10. The van der Waals surface area contributed by atoms with Crippen molar-refractivity contribution in [1.82, 2.24) is 10.2 Å². The smallest absolute Gasteiger partial charge is 0.325 e. The van der Waals surface area contributed by atoms with E-state index < -0.39 is 23.9 Å². The van der Waals surface area contributed by atoms with Gasteiger partial charge >= 0.3 is 12.0 Å². The van der Waals surface area contributed by atoms with Crippen LogP contribution in [0.25, 0.3) is 0 Å². The van der Waals surface area contributed by atoms with Crippen molar-refractivity contribution in [3.8, 4) is 0 Å². The van der Waals surface area contributed by atoms with Gasteiger partial charge < -0.3 is 20.7 Å². The lowest BCUT2D eigenvalue weighted by Crippen LogP contribution is -2.50. The molecule has 1 unspecified atom stereocenters. The van der Waals surface area contributed by atoms with Gasteiger partial charge in [0.1, 0.15) is 12.6 Å². The Balaban J connectivity index is 4.56. The molecule has 0 aliphatic heterocycles. The van der Waals surface area contributed by atoms with Crippen LogP contribution in [0, 0.1) is 0 Å². The fourth-order valence-electron chi connectivity index (χ4n) is 1.30. The van der Waals surface area contributed by atoms with Crippen molar-refractivity contribution in [3.63, 3.8) is 0 Å². The summed E-state index contributed by atoms with van der Waals surface area (Å²) in [5.41, 5.74) is 4.92. The number of carbonyl (C=O) groups is 3. The van der Waals surface area contributed by atoms with E-state index >= 15 is 0 Å². The Labute approximate surface area is 106 Å². The topological polar surface area (TPSA) is 102 Å². The Bertz CT molecular complexity index is 330. The fourth-order valence-corrected chi connectivity index (χ4v) is 1.30. The fraction of sp³-hybridized carbons (Fsp3) is 0.545. The summed E-state index contributed by atoms with van der Waals surface area (Å²) in [7, 11) is 0. The minimum Gasteiger partial charge on any atom is -0.465 e. The molecule has 18 heavy (non-hydrogen) atoms. The molecule has 0 aromatic carbocycles. The summed E-state index contributed by atoms with van der Waals surface area (Å²) in [5, 5.41) is 2.25. The zero-order chi connectivity index (χ0) is 14.1. The molecule has 0 fully saturated rings. The summed E-state index contributed by atoms with van der Waals surface area (Å²) in [6.07, 6.45) is 1.48. The molecule has 0 rings (SSSR count). The van der Waals surface area contributed by atoms with Gasteiger partial charge in [0.15, 0.2) is 0 Å². The van der Waals surface area contributed by atoms with Crippen molar-refractivity contribution in [2.75, 3.05) is 19.7 Å². The molecule has 0 bridgehead atoms. The van der Waals surface area contributed by atoms with Gasteiger partial charge in [0.25, 0.3) is 0 Å². The molecule has 3 amide bonds. The third-order valence-corrected chi connectivity index (χ3v) is 2.02. The zero-order valence-corrected chi connectivity index (χ0v) is 10.6. The van der Waals surface area contributed by atoms with Crippen molar-refractivity contribution in [1.29, 1.82) is 0 Å². The van der Waals surface area contributed by atoms with Gasteiger partial charge in [-0.1, -0.05) is 6.08 Å². The molecular weight excluding hydrogens is 238 g/mol. The van der Waals surface area contributed by atoms with Crippen LogP contribution < -0.4 is 11.1 Å². The maximum Gasteiger partial charge on any atom is 0.325 e. The van der Waals surface area contributed by atoms with E-state index in [2.05, 4.69) is 11.9 Å². The number of hydrogen-bond donors (Lipinski definition) is 2. The summed E-state index contributed by atoms with van der Waals surface area (Å²) < 4.78 is 4.75. The van der Waals surface area contributed by atoms with Crippen LogP contribution in [0.5, 0.6) is 0 Å². The monoisotopic (exact) mass is 257 g/mol. The average molecular weight is 257 g/mol. The minimum absolute atomic E-state index is 0.183. The standard InChI is InChI=1S/C11H19N3O4/c1-4-6-14(7-9(15)18-5-2)10(16)8(3)13-11(12)17/h4,8H,1,5-7H2,2-3H3,(H3,12,13,17). The highest BCUT2D eigenvalue weighted by Crippen LogP contribution is 1.97. The summed E-state index contributed by atoms with van der Waals surface area (Å²) in [5.74, 6) is -0.944. The molecule has 0 aliphatic rings. The molecule has 1 atom stereocenters. The molecule has 0 spiro atoms. The number of amides is 3. The lowest BCUT2D eigenvalue weighted by molar-refractivity contribution is -0.149. The summed E-state index contributed by atoms with van der Waals surface area (Å²) in [6.45, 7) is 6.89. The lowest BCUT2D eigenvalue weighted by atomic mass is 10.2. The third-order valence-electron chi connectivity index (χ3n) is 2.02. The number of urea groups is 1. The van der Waals surface area contributed by atoms with Gasteiger partial charge in [-0.25, -0.2) is 4.79 Å². The molecule has 0 saturated carbocycles. The molecule has 0 radical (unpaired) electrons. The van der Waals surface area contributed by atoms with Gasteiger partial charge in [0, 0.05) is 6.54 Å². The van der Waals surface area contributed by atoms with Gasteiger partial charge in [-0.3, -0.25) is 9.59 Å². The Morgan fingerprint density at radius 1 is 1.50 bits per heavy atom. The largest absolute Gasteiger partial charge is 0.465 e. The first kappa shape index (κ1) is 16.0. The predicted molar refractivity (Wildman–Crippen MR) is 65.6 cm³/mol. The number of nitrogens with two attached hydrogens (primary N) is 1. The van der Waals surface area contributed by atoms with E-state index in [9.17, 15) is 14.4 Å². The van der Waals surface area contributed by atoms with Gasteiger partial charge in [-0.2, -0.15) is 0 Å². The first-order valence-corrected chi connectivity index (χ1v) is 5.53. The number of nitrogens with one attached hydrogen (secondary N) is 1. The number of ether oxygens (including phenoxy) is 1. The SMILES string of the molecule is C=CCN(CC(=O)OCC)C(=O)C(C)NC(N)=O. The number of carbonyl (C=O) groups excluding carboxylic acids is 3. The number of nitrogens with zero attached hydrogens (tertiary/aromatic N) is 1. The third kappa shape index (κ3) is 5.88. The quantitative estimate of drug-likeness (QED) is 0.479. The maximum absolute atomic E-state index is 11.9. The van der Waals surface area contributed by atoms with E-state index in [4.69, 9.17) is 10.5 Å². The van der Waals surface area contributed by atoms with Crippen LogP contribution in [0.4, 0.5) is 4.79 Å². The van der Waals surface area contributed by atoms with Crippen LogP contribution in [0.1, 0.15) is 13.8 Å². The Hall–Kier alpha value is -2.05. The lowest BCUT2D eigenvalue weighted by Gasteiger charge is -2.23. The maximum atomic E-state index is 11.9. The van der Waals surface area contributed by atoms with E-state index in [1.165, 1.54) is 17.9 Å². The summed E-state index contributed by atoms with van der Waals surface area (Å²) in [6, 6.07) is -1.61. The molecule has 0 aromatic rings. The van der Waals surface area contributed by atoms with Crippen LogP contribution in [0.2, 0.25) is 0 Å². The van der Waals surface area contributed by atoms with Gasteiger partial charge in [-0.15, -0.1) is 6.58 Å². The second-order valence-corrected chi connectivity index (χ2v) is 3.54. The average Bonchev–Trinajstić information content (AvgIpc) is 2.26. The van der Waals surface area contributed by atoms with E-state index in [0.29, 0.717) is 0 Å². The molecule has 0 aromatic heterocycles. The van der Waals surface area contributed by atoms with E-state index in [1.807, 2.05) is 0 Å². The van der Waals surface area contributed by atoms with Gasteiger partial charge in [0.2, 0.25) is 5.91 Å². The summed E-state index contributed by atoms with van der Waals surface area (Å²) >= 11 is 0. The highest BCUT2D eigenvalue weighted by molar-refractivity contribution is 5.88. The van der Waals surface area contributed by atoms with E-state index in [-0.39, 0.29) is 19.7 Å². The first-order chi connectivity index (χ1) is 8.42. The van der Waals surface area contributed by atoms with Crippen LogP contribution in [0.15, 0.2) is 12.7 Å². The molecule has 0 aliphatic carbocycles. The first-order valence-electron chi connectivity index (χ1n) is 5.53. The highest BCUT2D eigenvalue weighted by atomic mass is 16.5.